The van der Waals surface area contributed by atoms with Crippen molar-refractivity contribution in [2.24, 2.45) is 0 Å². The second-order valence-electron chi connectivity index (χ2n) is 3.12. The van der Waals surface area contributed by atoms with Crippen molar-refractivity contribution in [1.29, 1.82) is 0 Å². The first kappa shape index (κ1) is 10.4. The predicted octanol–water partition coefficient (Wildman–Crippen LogP) is 2.81. The number of rotatable bonds is 2. The summed E-state index contributed by atoms with van der Waals surface area (Å²) in [5.74, 6) is -1.98. The molecule has 0 bridgehead atoms. The quantitative estimate of drug-likeness (QED) is 0.850. The van der Waals surface area contributed by atoms with Gasteiger partial charge in [0.25, 0.3) is 5.91 Å². The Hall–Kier alpha value is -2.17. The van der Waals surface area contributed by atoms with Crippen molar-refractivity contribution in [3.63, 3.8) is 0 Å². The molecular weight excluding hydrogens is 216 g/mol. The third-order valence-corrected chi connectivity index (χ3v) is 1.90. The van der Waals surface area contributed by atoms with Gasteiger partial charge in [-0.15, -0.1) is 0 Å². The van der Waals surface area contributed by atoms with Crippen molar-refractivity contribution < 1.29 is 18.0 Å². The summed E-state index contributed by atoms with van der Waals surface area (Å²) in [4.78, 5) is 11.5. The fourth-order valence-electron chi connectivity index (χ4n) is 1.22. The first-order chi connectivity index (χ1) is 7.65. The van der Waals surface area contributed by atoms with Gasteiger partial charge in [0.05, 0.1) is 11.8 Å². The molecule has 0 aliphatic carbocycles. The molecule has 82 valence electrons. The molecule has 0 saturated carbocycles. The molecule has 5 heteroatoms. The molecule has 0 atom stereocenters. The summed E-state index contributed by atoms with van der Waals surface area (Å²) in [6.45, 7) is 0. The highest BCUT2D eigenvalue weighted by molar-refractivity contribution is 6.03. The highest BCUT2D eigenvalue weighted by Gasteiger charge is 2.08. The zero-order chi connectivity index (χ0) is 11.5. The molecule has 3 nitrogen and oxygen atoms in total. The van der Waals surface area contributed by atoms with E-state index in [1.165, 1.54) is 18.6 Å². The van der Waals surface area contributed by atoms with Crippen LogP contribution in [-0.2, 0) is 0 Å². The van der Waals surface area contributed by atoms with Crippen molar-refractivity contribution in [3.05, 3.63) is 54.0 Å². The van der Waals surface area contributed by atoms with E-state index in [9.17, 15) is 13.6 Å². The van der Waals surface area contributed by atoms with E-state index in [1.807, 2.05) is 0 Å². The lowest BCUT2D eigenvalue weighted by atomic mass is 10.2. The molecule has 1 aromatic carbocycles. The molecule has 0 aliphatic rings. The van der Waals surface area contributed by atoms with Gasteiger partial charge >= 0.3 is 0 Å². The Bertz CT molecular complexity index is 488. The van der Waals surface area contributed by atoms with Gasteiger partial charge in [-0.2, -0.15) is 0 Å². The molecule has 1 heterocycles. The third kappa shape index (κ3) is 2.25. The second kappa shape index (κ2) is 4.14. The van der Waals surface area contributed by atoms with E-state index in [0.717, 1.165) is 18.2 Å². The Morgan fingerprint density at radius 1 is 1.19 bits per heavy atom. The third-order valence-electron chi connectivity index (χ3n) is 1.90. The molecule has 16 heavy (non-hydrogen) atoms. The van der Waals surface area contributed by atoms with E-state index in [4.69, 9.17) is 4.42 Å². The number of anilines is 1. The maximum absolute atomic E-state index is 12.8. The van der Waals surface area contributed by atoms with Crippen LogP contribution in [0.5, 0.6) is 0 Å². The molecular formula is C11H7F2NO2. The van der Waals surface area contributed by atoms with E-state index in [-0.39, 0.29) is 11.3 Å². The van der Waals surface area contributed by atoms with Gasteiger partial charge in [0.1, 0.15) is 17.9 Å². The number of hydrogen-bond donors (Lipinski definition) is 1. The number of carbonyl (C=O) groups excluding carboxylic acids is 1. The van der Waals surface area contributed by atoms with E-state index >= 15 is 0 Å². The Balaban J connectivity index is 2.18. The van der Waals surface area contributed by atoms with Gasteiger partial charge < -0.3 is 9.73 Å². The van der Waals surface area contributed by atoms with Crippen molar-refractivity contribution in [1.82, 2.24) is 0 Å². The predicted molar refractivity (Wildman–Crippen MR) is 53.0 cm³/mol. The molecule has 1 amide bonds. The summed E-state index contributed by atoms with van der Waals surface area (Å²) >= 11 is 0. The van der Waals surface area contributed by atoms with Crippen molar-refractivity contribution >= 4 is 11.6 Å². The molecule has 0 fully saturated rings. The number of halogens is 2. The van der Waals surface area contributed by atoms with Crippen LogP contribution in [0.1, 0.15) is 10.4 Å². The first-order valence-corrected chi connectivity index (χ1v) is 4.45. The summed E-state index contributed by atoms with van der Waals surface area (Å²) in [5, 5.41) is 2.35. The number of furan rings is 1. The fourth-order valence-corrected chi connectivity index (χ4v) is 1.22. The van der Waals surface area contributed by atoms with Gasteiger partial charge in [-0.1, -0.05) is 0 Å². The minimum atomic E-state index is -0.748. The summed E-state index contributed by atoms with van der Waals surface area (Å²) < 4.78 is 30.3. The highest BCUT2D eigenvalue weighted by atomic mass is 19.1. The number of carbonyl (C=O) groups is 1. The van der Waals surface area contributed by atoms with Crippen LogP contribution in [0, 0.1) is 11.6 Å². The summed E-state index contributed by atoms with van der Waals surface area (Å²) in [6.07, 6.45) is 2.58. The van der Waals surface area contributed by atoms with Gasteiger partial charge in [-0.3, -0.25) is 4.79 Å². The Kier molecular flexibility index (Phi) is 2.68. The largest absolute Gasteiger partial charge is 0.472 e. The zero-order valence-electron chi connectivity index (χ0n) is 8.04. The molecule has 1 N–H and O–H groups in total. The highest BCUT2D eigenvalue weighted by Crippen LogP contribution is 2.14. The van der Waals surface area contributed by atoms with E-state index < -0.39 is 17.5 Å². The maximum atomic E-state index is 12.8. The van der Waals surface area contributed by atoms with Crippen LogP contribution in [0.3, 0.4) is 0 Å². The lowest BCUT2D eigenvalue weighted by Gasteiger charge is -2.03. The van der Waals surface area contributed by atoms with E-state index in [1.54, 1.807) is 0 Å². The van der Waals surface area contributed by atoms with Crippen LogP contribution in [0.25, 0.3) is 0 Å². The normalized spacial score (nSPS) is 10.1. The second-order valence-corrected chi connectivity index (χ2v) is 3.12. The summed E-state index contributed by atoms with van der Waals surface area (Å²) in [7, 11) is 0. The van der Waals surface area contributed by atoms with Crippen molar-refractivity contribution in [2.75, 3.05) is 5.32 Å². The van der Waals surface area contributed by atoms with Gasteiger partial charge in [0.15, 0.2) is 0 Å². The van der Waals surface area contributed by atoms with Crippen LogP contribution < -0.4 is 5.32 Å². The SMILES string of the molecule is O=C(Nc1cc(F)cc(F)c1)c1ccoc1. The van der Waals surface area contributed by atoms with E-state index in [2.05, 4.69) is 5.32 Å². The van der Waals surface area contributed by atoms with Crippen LogP contribution in [0.15, 0.2) is 41.2 Å². The Morgan fingerprint density at radius 3 is 2.44 bits per heavy atom. The topological polar surface area (TPSA) is 42.2 Å². The van der Waals surface area contributed by atoms with Gasteiger partial charge in [0.2, 0.25) is 0 Å². The molecule has 0 aliphatic heterocycles. The van der Waals surface area contributed by atoms with Crippen LogP contribution >= 0.6 is 0 Å². The molecule has 0 spiro atoms. The fraction of sp³-hybridized carbons (Fsp3) is 0. The maximum Gasteiger partial charge on any atom is 0.258 e. The minimum Gasteiger partial charge on any atom is -0.472 e. The number of hydrogen-bond acceptors (Lipinski definition) is 2. The molecule has 0 unspecified atom stereocenters. The van der Waals surface area contributed by atoms with Crippen LogP contribution in [-0.4, -0.2) is 5.91 Å². The average molecular weight is 223 g/mol. The molecule has 1 aromatic heterocycles. The summed E-state index contributed by atoms with van der Waals surface area (Å²) in [6, 6.07) is 4.24. The Morgan fingerprint density at radius 2 is 1.88 bits per heavy atom. The monoisotopic (exact) mass is 223 g/mol. The molecule has 2 aromatic rings. The lowest BCUT2D eigenvalue weighted by molar-refractivity contribution is 0.102. The van der Waals surface area contributed by atoms with Crippen LogP contribution in [0.4, 0.5) is 14.5 Å². The zero-order valence-corrected chi connectivity index (χ0v) is 8.04. The smallest absolute Gasteiger partial charge is 0.258 e. The van der Waals surface area contributed by atoms with Crippen molar-refractivity contribution in [3.8, 4) is 0 Å². The van der Waals surface area contributed by atoms with Gasteiger partial charge in [0, 0.05) is 11.8 Å². The first-order valence-electron chi connectivity index (χ1n) is 4.45. The molecule has 0 radical (unpaired) electrons. The average Bonchev–Trinajstić information content (AvgIpc) is 2.68. The molecule has 2 rings (SSSR count). The summed E-state index contributed by atoms with van der Waals surface area (Å²) in [5.41, 5.74) is 0.341. The van der Waals surface area contributed by atoms with Gasteiger partial charge in [-0.25, -0.2) is 8.78 Å². The number of nitrogens with one attached hydrogen (secondary N) is 1. The van der Waals surface area contributed by atoms with Crippen LogP contribution in [0.2, 0.25) is 0 Å². The lowest BCUT2D eigenvalue weighted by Crippen LogP contribution is -2.11. The number of amides is 1. The van der Waals surface area contributed by atoms with E-state index in [0.29, 0.717) is 0 Å². The number of benzene rings is 1. The Labute approximate surface area is 89.7 Å². The minimum absolute atomic E-state index is 0.0590. The molecule has 0 saturated heterocycles. The van der Waals surface area contributed by atoms with Gasteiger partial charge in [-0.05, 0) is 18.2 Å². The standard InChI is InChI=1S/C11H7F2NO2/c12-8-3-9(13)5-10(4-8)14-11(15)7-1-2-16-6-7/h1-6H,(H,14,15). The van der Waals surface area contributed by atoms with Crippen molar-refractivity contribution in [2.45, 2.75) is 0 Å².